The Balaban J connectivity index is 0.000000405. The van der Waals surface area contributed by atoms with Crippen LogP contribution in [-0.2, 0) is 27.9 Å². The second-order valence-corrected chi connectivity index (χ2v) is 9.23. The highest BCUT2D eigenvalue weighted by Gasteiger charge is 2.54. The van der Waals surface area contributed by atoms with Gasteiger partial charge in [-0.2, -0.15) is 13.2 Å². The second kappa shape index (κ2) is 10.9. The van der Waals surface area contributed by atoms with Crippen LogP contribution < -0.4 is 0 Å². The molecular weight excluding hydrogens is 491 g/mol. The number of rotatable bonds is 6. The SMILES string of the molecule is Cn1ccc2cc(C(=O)N3CC4(C3)OCCC4CCOCc3ccccn3)ccc21.O=C(O)C(F)(F)F. The molecule has 2 aromatic heterocycles. The zero-order valence-electron chi connectivity index (χ0n) is 20.3. The van der Waals surface area contributed by atoms with Crippen LogP contribution in [0.1, 0.15) is 28.9 Å². The van der Waals surface area contributed by atoms with E-state index < -0.39 is 12.1 Å². The summed E-state index contributed by atoms with van der Waals surface area (Å²) in [6.45, 7) is 3.33. The van der Waals surface area contributed by atoms with Crippen LogP contribution in [-0.4, -0.2) is 69.5 Å². The van der Waals surface area contributed by atoms with Gasteiger partial charge in [0.2, 0.25) is 0 Å². The Hall–Kier alpha value is -3.44. The van der Waals surface area contributed by atoms with Gasteiger partial charge in [0.25, 0.3) is 5.91 Å². The predicted octanol–water partition coefficient (Wildman–Crippen LogP) is 4.04. The number of fused-ring (bicyclic) bond motifs is 1. The quantitative estimate of drug-likeness (QED) is 0.494. The van der Waals surface area contributed by atoms with Gasteiger partial charge in [-0.15, -0.1) is 0 Å². The molecule has 1 aromatic carbocycles. The summed E-state index contributed by atoms with van der Waals surface area (Å²) >= 11 is 0. The van der Waals surface area contributed by atoms with Crippen molar-refractivity contribution in [1.29, 1.82) is 0 Å². The maximum Gasteiger partial charge on any atom is 0.490 e. The van der Waals surface area contributed by atoms with Crippen molar-refractivity contribution in [3.8, 4) is 0 Å². The molecule has 1 spiro atoms. The molecule has 11 heteroatoms. The van der Waals surface area contributed by atoms with Crippen molar-refractivity contribution in [2.24, 2.45) is 13.0 Å². The zero-order chi connectivity index (χ0) is 26.6. The molecule has 5 rings (SSSR count). The molecule has 2 fully saturated rings. The molecule has 0 radical (unpaired) electrons. The number of likely N-dealkylation sites (tertiary alicyclic amines) is 1. The van der Waals surface area contributed by atoms with Gasteiger partial charge in [-0.1, -0.05) is 6.07 Å². The number of carbonyl (C=O) groups is 2. The molecule has 8 nitrogen and oxygen atoms in total. The van der Waals surface area contributed by atoms with Crippen LogP contribution in [0.2, 0.25) is 0 Å². The first kappa shape index (κ1) is 26.6. The van der Waals surface area contributed by atoms with Gasteiger partial charge in [0, 0.05) is 49.1 Å². The standard InChI is InChI=1S/C24H27N3O3.C2HF3O2/c1-26-11-7-18-14-19(5-6-22(18)26)23(28)27-16-24(17-27)20(9-13-30-24)8-12-29-15-21-4-2-3-10-25-21;3-2(4,5)1(6)7/h2-7,10-11,14,20H,8-9,12-13,15-17H2,1H3;(H,6,7). The summed E-state index contributed by atoms with van der Waals surface area (Å²) in [5.74, 6) is -2.23. The number of pyridine rings is 1. The van der Waals surface area contributed by atoms with Gasteiger partial charge < -0.3 is 24.0 Å². The minimum atomic E-state index is -5.08. The first-order chi connectivity index (χ1) is 17.6. The Bertz CT molecular complexity index is 1240. The van der Waals surface area contributed by atoms with Gasteiger partial charge in [-0.3, -0.25) is 9.78 Å². The molecule has 37 heavy (non-hydrogen) atoms. The van der Waals surface area contributed by atoms with Gasteiger partial charge in [0.15, 0.2) is 0 Å². The number of hydrogen-bond acceptors (Lipinski definition) is 5. The molecule has 0 aliphatic carbocycles. The molecular formula is C26H28F3N3O5. The zero-order valence-corrected chi connectivity index (χ0v) is 20.3. The summed E-state index contributed by atoms with van der Waals surface area (Å²) in [5.41, 5.74) is 2.64. The van der Waals surface area contributed by atoms with E-state index in [-0.39, 0.29) is 11.5 Å². The fourth-order valence-corrected chi connectivity index (χ4v) is 4.77. The average molecular weight is 520 g/mol. The highest BCUT2D eigenvalue weighted by atomic mass is 19.4. The summed E-state index contributed by atoms with van der Waals surface area (Å²) < 4.78 is 45.8. The summed E-state index contributed by atoms with van der Waals surface area (Å²) in [4.78, 5) is 28.1. The largest absolute Gasteiger partial charge is 0.490 e. The van der Waals surface area contributed by atoms with E-state index in [0.717, 1.165) is 41.6 Å². The molecule has 2 saturated heterocycles. The van der Waals surface area contributed by atoms with E-state index in [1.807, 2.05) is 60.6 Å². The topological polar surface area (TPSA) is 93.9 Å². The van der Waals surface area contributed by atoms with Crippen molar-refractivity contribution in [1.82, 2.24) is 14.5 Å². The van der Waals surface area contributed by atoms with Gasteiger partial charge in [-0.25, -0.2) is 4.79 Å². The van der Waals surface area contributed by atoms with Crippen LogP contribution in [0.4, 0.5) is 13.2 Å². The minimum absolute atomic E-state index is 0.0898. The number of alkyl halides is 3. The van der Waals surface area contributed by atoms with E-state index in [1.165, 1.54) is 0 Å². The van der Waals surface area contributed by atoms with Crippen LogP contribution in [0, 0.1) is 5.92 Å². The fraction of sp³-hybridized carbons (Fsp3) is 0.423. The van der Waals surface area contributed by atoms with Crippen molar-refractivity contribution in [3.63, 3.8) is 0 Å². The van der Waals surface area contributed by atoms with Crippen molar-refractivity contribution in [2.45, 2.75) is 31.2 Å². The minimum Gasteiger partial charge on any atom is -0.475 e. The predicted molar refractivity (Wildman–Crippen MR) is 128 cm³/mol. The average Bonchev–Trinajstić information content (AvgIpc) is 3.44. The van der Waals surface area contributed by atoms with Crippen LogP contribution in [0.15, 0.2) is 54.9 Å². The molecule has 1 amide bonds. The number of carbonyl (C=O) groups excluding carboxylic acids is 1. The van der Waals surface area contributed by atoms with E-state index >= 15 is 0 Å². The van der Waals surface area contributed by atoms with E-state index in [4.69, 9.17) is 19.4 Å². The molecule has 1 atom stereocenters. The fourth-order valence-electron chi connectivity index (χ4n) is 4.77. The maximum atomic E-state index is 13.0. The highest BCUT2D eigenvalue weighted by Crippen LogP contribution is 2.42. The summed E-state index contributed by atoms with van der Waals surface area (Å²) in [6, 6.07) is 13.8. The lowest BCUT2D eigenvalue weighted by molar-refractivity contribution is -0.192. The Labute approximate surface area is 211 Å². The molecule has 198 valence electrons. The molecule has 3 aromatic rings. The van der Waals surface area contributed by atoms with Crippen molar-refractivity contribution in [2.75, 3.05) is 26.3 Å². The van der Waals surface area contributed by atoms with Crippen LogP contribution >= 0.6 is 0 Å². The second-order valence-electron chi connectivity index (χ2n) is 9.23. The molecule has 1 unspecified atom stereocenters. The van der Waals surface area contributed by atoms with E-state index in [9.17, 15) is 18.0 Å². The van der Waals surface area contributed by atoms with Crippen molar-refractivity contribution >= 4 is 22.8 Å². The third-order valence-electron chi connectivity index (χ3n) is 6.77. The molecule has 2 aliphatic rings. The molecule has 0 saturated carbocycles. The highest BCUT2D eigenvalue weighted by molar-refractivity contribution is 5.98. The van der Waals surface area contributed by atoms with E-state index in [2.05, 4.69) is 9.55 Å². The molecule has 0 bridgehead atoms. The third-order valence-corrected chi connectivity index (χ3v) is 6.77. The van der Waals surface area contributed by atoms with Gasteiger partial charge in [-0.05, 0) is 55.2 Å². The molecule has 2 aliphatic heterocycles. The van der Waals surface area contributed by atoms with Gasteiger partial charge >= 0.3 is 12.1 Å². The summed E-state index contributed by atoms with van der Waals surface area (Å²) in [5, 5.41) is 8.22. The molecule has 1 N–H and O–H groups in total. The lowest BCUT2D eigenvalue weighted by Crippen LogP contribution is -2.66. The number of carboxylic acid groups (broad SMARTS) is 1. The first-order valence-corrected chi connectivity index (χ1v) is 11.9. The number of benzene rings is 1. The maximum absolute atomic E-state index is 13.0. The number of ether oxygens (including phenoxy) is 2. The van der Waals surface area contributed by atoms with Crippen LogP contribution in [0.5, 0.6) is 0 Å². The van der Waals surface area contributed by atoms with Crippen molar-refractivity contribution < 1.29 is 37.3 Å². The molecule has 4 heterocycles. The van der Waals surface area contributed by atoms with Crippen LogP contribution in [0.3, 0.4) is 0 Å². The first-order valence-electron chi connectivity index (χ1n) is 11.9. The number of aliphatic carboxylic acids is 1. The van der Waals surface area contributed by atoms with Gasteiger partial charge in [0.1, 0.15) is 5.60 Å². The van der Waals surface area contributed by atoms with E-state index in [0.29, 0.717) is 32.2 Å². The monoisotopic (exact) mass is 519 g/mol. The summed E-state index contributed by atoms with van der Waals surface area (Å²) in [7, 11) is 2.01. The van der Waals surface area contributed by atoms with E-state index in [1.54, 1.807) is 6.20 Å². The lowest BCUT2D eigenvalue weighted by Gasteiger charge is -2.50. The number of aromatic nitrogens is 2. The normalized spacial score (nSPS) is 18.4. The number of halogens is 3. The number of aryl methyl sites for hydroxylation is 1. The number of carboxylic acids is 1. The van der Waals surface area contributed by atoms with Crippen molar-refractivity contribution in [3.05, 3.63) is 66.1 Å². The summed E-state index contributed by atoms with van der Waals surface area (Å²) in [6.07, 6.45) is 0.703. The smallest absolute Gasteiger partial charge is 0.475 e. The lowest BCUT2D eigenvalue weighted by atomic mass is 9.79. The van der Waals surface area contributed by atoms with Crippen LogP contribution in [0.25, 0.3) is 10.9 Å². The Kier molecular flexibility index (Phi) is 7.84. The Morgan fingerprint density at radius 3 is 2.65 bits per heavy atom. The third kappa shape index (κ3) is 6.11. The number of amides is 1. The Morgan fingerprint density at radius 1 is 1.22 bits per heavy atom. The van der Waals surface area contributed by atoms with Gasteiger partial charge in [0.05, 0.1) is 25.4 Å². The number of nitrogens with zero attached hydrogens (tertiary/aromatic N) is 3. The Morgan fingerprint density at radius 2 is 1.97 bits per heavy atom. The number of hydrogen-bond donors (Lipinski definition) is 1.